The van der Waals surface area contributed by atoms with Crippen molar-refractivity contribution in [3.8, 4) is 17.2 Å². The lowest BCUT2D eigenvalue weighted by molar-refractivity contribution is -0.118. The molecule has 3 N–H and O–H groups in total. The number of thioether (sulfide) groups is 1. The van der Waals surface area contributed by atoms with Crippen molar-refractivity contribution in [2.75, 3.05) is 10.6 Å². The molecule has 0 saturated carbocycles. The lowest BCUT2D eigenvalue weighted by Gasteiger charge is -2.10. The average Bonchev–Trinajstić information content (AvgIpc) is 3.50. The van der Waals surface area contributed by atoms with Crippen LogP contribution in [-0.2, 0) is 24.9 Å². The lowest BCUT2D eigenvalue weighted by Crippen LogP contribution is -2.25. The van der Waals surface area contributed by atoms with Gasteiger partial charge < -0.3 is 24.7 Å². The van der Waals surface area contributed by atoms with Gasteiger partial charge >= 0.3 is 6.03 Å². The molecule has 0 bridgehead atoms. The third kappa shape index (κ3) is 6.81. The van der Waals surface area contributed by atoms with E-state index in [4.69, 9.17) is 14.5 Å². The summed E-state index contributed by atoms with van der Waals surface area (Å²) in [6.45, 7) is 0.240. The summed E-state index contributed by atoms with van der Waals surface area (Å²) >= 11 is 1.01. The number of hydrogen-bond acceptors (Lipinski definition) is 7. The van der Waals surface area contributed by atoms with Crippen LogP contribution >= 0.6 is 11.8 Å². The molecular formula is C32H26FN5O5S. The van der Waals surface area contributed by atoms with Crippen LogP contribution in [0, 0.1) is 5.82 Å². The molecule has 1 unspecified atom stereocenters. The molecule has 44 heavy (non-hydrogen) atoms. The Kier molecular flexibility index (Phi) is 8.15. The van der Waals surface area contributed by atoms with Gasteiger partial charge in [-0.05, 0) is 72.6 Å². The normalized spacial score (nSPS) is 14.4. The molecule has 10 nitrogen and oxygen atoms in total. The fourth-order valence-corrected chi connectivity index (χ4v) is 5.48. The molecule has 4 amide bonds. The number of aryl methyl sites for hydroxylation is 1. The Morgan fingerprint density at radius 3 is 2.41 bits per heavy atom. The molecule has 5 aromatic rings. The van der Waals surface area contributed by atoms with Crippen molar-refractivity contribution in [3.05, 3.63) is 108 Å². The monoisotopic (exact) mass is 611 g/mol. The Balaban J connectivity index is 1.06. The summed E-state index contributed by atoms with van der Waals surface area (Å²) in [4.78, 5) is 40.3. The Labute approximate surface area is 255 Å². The van der Waals surface area contributed by atoms with Crippen LogP contribution in [0.1, 0.15) is 11.4 Å². The summed E-state index contributed by atoms with van der Waals surface area (Å²) in [5.41, 5.74) is 3.56. The Morgan fingerprint density at radius 2 is 1.66 bits per heavy atom. The van der Waals surface area contributed by atoms with Crippen molar-refractivity contribution in [1.29, 1.82) is 0 Å². The molecule has 1 aliphatic rings. The standard InChI is InChI=1S/C32H26FN5O5S/c1-38-27-17-25(43-24-4-2-3-22(16-24)35-31(40)34-21-9-7-20(33)8-10-21)13-14-26(27)36-29(38)18-42-23-11-5-19(6-12-23)15-28-30(39)37-32(41)44-28/h2-14,16-17,28H,15,18H2,1H3,(H2,34,35,40)(H,37,39,41). The van der Waals surface area contributed by atoms with Crippen LogP contribution in [0.5, 0.6) is 17.2 Å². The average molecular weight is 612 g/mol. The number of rotatable bonds is 9. The van der Waals surface area contributed by atoms with Crippen LogP contribution in [0.15, 0.2) is 91.0 Å². The maximum Gasteiger partial charge on any atom is 0.323 e. The molecule has 6 rings (SSSR count). The first kappa shape index (κ1) is 28.7. The number of aromatic nitrogens is 2. The summed E-state index contributed by atoms with van der Waals surface area (Å²) in [6.07, 6.45) is 0.464. The first-order valence-electron chi connectivity index (χ1n) is 13.6. The highest BCUT2D eigenvalue weighted by Crippen LogP contribution is 2.28. The van der Waals surface area contributed by atoms with E-state index in [1.807, 2.05) is 54.1 Å². The summed E-state index contributed by atoms with van der Waals surface area (Å²) in [5.74, 6) is 1.85. The van der Waals surface area contributed by atoms with Gasteiger partial charge in [0.1, 0.15) is 35.5 Å². The smallest absolute Gasteiger partial charge is 0.323 e. The molecule has 222 valence electrons. The van der Waals surface area contributed by atoms with Crippen LogP contribution in [-0.4, -0.2) is 32.0 Å². The first-order chi connectivity index (χ1) is 21.3. The van der Waals surface area contributed by atoms with E-state index in [0.29, 0.717) is 35.0 Å². The van der Waals surface area contributed by atoms with Crippen LogP contribution < -0.4 is 25.4 Å². The second-order valence-electron chi connectivity index (χ2n) is 9.97. The molecule has 0 aliphatic carbocycles. The number of nitrogens with one attached hydrogen (secondary N) is 3. The van der Waals surface area contributed by atoms with Crippen LogP contribution in [0.2, 0.25) is 0 Å². The van der Waals surface area contributed by atoms with Crippen LogP contribution in [0.4, 0.5) is 25.4 Å². The van der Waals surface area contributed by atoms with Gasteiger partial charge in [-0.25, -0.2) is 14.2 Å². The fourth-order valence-electron chi connectivity index (χ4n) is 4.62. The number of anilines is 2. The number of benzene rings is 4. The number of ether oxygens (including phenoxy) is 2. The highest BCUT2D eigenvalue weighted by atomic mass is 32.2. The molecule has 0 spiro atoms. The van der Waals surface area contributed by atoms with E-state index in [1.54, 1.807) is 24.3 Å². The SMILES string of the molecule is Cn1c(COc2ccc(CC3SC(=O)NC3=O)cc2)nc2ccc(Oc3cccc(NC(=O)Nc4ccc(F)cc4)c3)cc21. The molecule has 2 heterocycles. The largest absolute Gasteiger partial charge is 0.486 e. The van der Waals surface area contributed by atoms with Gasteiger partial charge in [0.2, 0.25) is 5.91 Å². The predicted molar refractivity (Wildman–Crippen MR) is 166 cm³/mol. The third-order valence-corrected chi connectivity index (χ3v) is 7.84. The summed E-state index contributed by atoms with van der Waals surface area (Å²) in [6, 6.07) is 25.0. The Morgan fingerprint density at radius 1 is 0.932 bits per heavy atom. The highest BCUT2D eigenvalue weighted by Gasteiger charge is 2.31. The van der Waals surface area contributed by atoms with Gasteiger partial charge in [0.25, 0.3) is 5.24 Å². The highest BCUT2D eigenvalue weighted by molar-refractivity contribution is 8.15. The number of halogens is 1. The van der Waals surface area contributed by atoms with Crippen molar-refractivity contribution >= 4 is 51.3 Å². The number of imidazole rings is 1. The van der Waals surface area contributed by atoms with E-state index in [0.717, 1.165) is 34.2 Å². The summed E-state index contributed by atoms with van der Waals surface area (Å²) in [5, 5.41) is 6.98. The van der Waals surface area contributed by atoms with Gasteiger partial charge in [0.05, 0.1) is 16.3 Å². The van der Waals surface area contributed by atoms with Crippen molar-refractivity contribution in [2.45, 2.75) is 18.3 Å². The van der Waals surface area contributed by atoms with E-state index < -0.39 is 11.3 Å². The molecule has 1 fully saturated rings. The number of hydrogen-bond donors (Lipinski definition) is 3. The van der Waals surface area contributed by atoms with Crippen molar-refractivity contribution in [2.24, 2.45) is 7.05 Å². The maximum atomic E-state index is 13.1. The Hall–Kier alpha value is -5.36. The third-order valence-electron chi connectivity index (χ3n) is 6.85. The van der Waals surface area contributed by atoms with E-state index in [1.165, 1.54) is 24.3 Å². The molecule has 1 saturated heterocycles. The van der Waals surface area contributed by atoms with Gasteiger partial charge in [-0.1, -0.05) is 30.0 Å². The zero-order chi connectivity index (χ0) is 30.6. The minimum absolute atomic E-state index is 0.240. The molecule has 1 aliphatic heterocycles. The number of fused-ring (bicyclic) bond motifs is 1. The number of imide groups is 1. The summed E-state index contributed by atoms with van der Waals surface area (Å²) in [7, 11) is 1.90. The van der Waals surface area contributed by atoms with Crippen LogP contribution in [0.3, 0.4) is 0 Å². The summed E-state index contributed by atoms with van der Waals surface area (Å²) < 4.78 is 27.1. The Bertz CT molecular complexity index is 1860. The minimum Gasteiger partial charge on any atom is -0.486 e. The van der Waals surface area contributed by atoms with E-state index in [-0.39, 0.29) is 23.6 Å². The van der Waals surface area contributed by atoms with Crippen molar-refractivity contribution in [3.63, 3.8) is 0 Å². The first-order valence-corrected chi connectivity index (χ1v) is 14.5. The minimum atomic E-state index is -0.467. The molecule has 1 atom stereocenters. The molecular weight excluding hydrogens is 585 g/mol. The predicted octanol–water partition coefficient (Wildman–Crippen LogP) is 6.62. The van der Waals surface area contributed by atoms with Gasteiger partial charge in [-0.15, -0.1) is 0 Å². The number of nitrogens with zero attached hydrogens (tertiary/aromatic N) is 2. The van der Waals surface area contributed by atoms with Crippen molar-refractivity contribution < 1.29 is 28.2 Å². The topological polar surface area (TPSA) is 124 Å². The van der Waals surface area contributed by atoms with Crippen molar-refractivity contribution in [1.82, 2.24) is 14.9 Å². The van der Waals surface area contributed by atoms with E-state index >= 15 is 0 Å². The van der Waals surface area contributed by atoms with Crippen LogP contribution in [0.25, 0.3) is 11.0 Å². The van der Waals surface area contributed by atoms with Gasteiger partial charge in [0, 0.05) is 30.6 Å². The van der Waals surface area contributed by atoms with Gasteiger partial charge in [-0.3, -0.25) is 14.9 Å². The van der Waals surface area contributed by atoms with E-state index in [2.05, 4.69) is 16.0 Å². The maximum absolute atomic E-state index is 13.1. The molecule has 0 radical (unpaired) electrons. The van der Waals surface area contributed by atoms with E-state index in [9.17, 15) is 18.8 Å². The number of carbonyl (C=O) groups is 3. The fraction of sp³-hybridized carbons (Fsp3) is 0.125. The lowest BCUT2D eigenvalue weighted by atomic mass is 10.1. The number of amides is 4. The van der Waals surface area contributed by atoms with Gasteiger partial charge in [0.15, 0.2) is 0 Å². The number of urea groups is 1. The quantitative estimate of drug-likeness (QED) is 0.171. The zero-order valence-corrected chi connectivity index (χ0v) is 24.2. The molecule has 4 aromatic carbocycles. The molecule has 12 heteroatoms. The van der Waals surface area contributed by atoms with Gasteiger partial charge in [-0.2, -0.15) is 0 Å². The molecule has 1 aromatic heterocycles. The second-order valence-corrected chi connectivity index (χ2v) is 11.1. The number of carbonyl (C=O) groups excluding carboxylic acids is 3. The second kappa shape index (κ2) is 12.5. The zero-order valence-electron chi connectivity index (χ0n) is 23.4.